The highest BCUT2D eigenvalue weighted by atomic mass is 32.2. The van der Waals surface area contributed by atoms with E-state index in [2.05, 4.69) is 12.6 Å². The number of hydrogen-bond acceptors (Lipinski definition) is 4. The van der Waals surface area contributed by atoms with Gasteiger partial charge in [0.05, 0.1) is 14.0 Å². The Morgan fingerprint density at radius 3 is 2.19 bits per heavy atom. The molecule has 3 rings (SSSR count). The predicted octanol–water partition coefficient (Wildman–Crippen LogP) is 5.22. The summed E-state index contributed by atoms with van der Waals surface area (Å²) in [5.41, 5.74) is 1.72. The van der Waals surface area contributed by atoms with E-state index in [9.17, 15) is 4.79 Å². The van der Waals surface area contributed by atoms with Crippen molar-refractivity contribution in [3.05, 3.63) is 77.0 Å². The second kappa shape index (κ2) is 6.52. The van der Waals surface area contributed by atoms with E-state index in [0.29, 0.717) is 0 Å². The Hall–Kier alpha value is -1.49. The number of benzene rings is 2. The van der Waals surface area contributed by atoms with Gasteiger partial charge < -0.3 is 0 Å². The molecule has 0 atom stereocenters. The van der Waals surface area contributed by atoms with Gasteiger partial charge in [-0.05, 0) is 17.7 Å². The van der Waals surface area contributed by atoms with Gasteiger partial charge in [-0.1, -0.05) is 60.3 Å². The third kappa shape index (κ3) is 3.40. The Kier molecular flexibility index (Phi) is 4.48. The van der Waals surface area contributed by atoms with E-state index in [0.717, 1.165) is 24.4 Å². The Labute approximate surface area is 137 Å². The average molecular weight is 328 g/mol. The van der Waals surface area contributed by atoms with Crippen LogP contribution in [0.15, 0.2) is 84.8 Å². The van der Waals surface area contributed by atoms with Gasteiger partial charge in [-0.25, -0.2) is 0 Å². The highest BCUT2D eigenvalue weighted by molar-refractivity contribution is 8.01. The summed E-state index contributed by atoms with van der Waals surface area (Å²) in [6, 6.07) is 21.4. The molecule has 4 heteroatoms. The van der Waals surface area contributed by atoms with Crippen molar-refractivity contribution in [3.8, 4) is 11.1 Å². The van der Waals surface area contributed by atoms with Crippen LogP contribution in [0.25, 0.3) is 11.1 Å². The van der Waals surface area contributed by atoms with Gasteiger partial charge in [-0.2, -0.15) is 0 Å². The first-order chi connectivity index (χ1) is 10.2. The van der Waals surface area contributed by atoms with Crippen molar-refractivity contribution < 1.29 is 0 Å². The maximum atomic E-state index is 12.4. The van der Waals surface area contributed by atoms with Crippen LogP contribution in [0.4, 0.5) is 0 Å². The Balaban J connectivity index is 2.13. The minimum Gasteiger partial charge on any atom is -0.289 e. The Morgan fingerprint density at radius 1 is 0.905 bits per heavy atom. The third-order valence-electron chi connectivity index (χ3n) is 2.92. The van der Waals surface area contributed by atoms with Crippen LogP contribution in [0.3, 0.4) is 0 Å². The molecule has 2 aromatic carbocycles. The normalized spacial score (nSPS) is 10.5. The molecule has 1 heterocycles. The summed E-state index contributed by atoms with van der Waals surface area (Å²) in [7, 11) is 0. The minimum absolute atomic E-state index is 0.0170. The molecule has 0 amide bonds. The summed E-state index contributed by atoms with van der Waals surface area (Å²) in [6.07, 6.45) is 0. The van der Waals surface area contributed by atoms with E-state index >= 15 is 0 Å². The van der Waals surface area contributed by atoms with E-state index in [1.807, 2.05) is 60.7 Å². The molecule has 0 aliphatic carbocycles. The van der Waals surface area contributed by atoms with Crippen molar-refractivity contribution in [2.75, 3.05) is 0 Å². The van der Waals surface area contributed by atoms with Gasteiger partial charge in [0.2, 0.25) is 0 Å². The molecule has 0 radical (unpaired) electrons. The lowest BCUT2D eigenvalue weighted by atomic mass is 10.1. The van der Waals surface area contributed by atoms with Crippen LogP contribution in [-0.4, -0.2) is 0 Å². The lowest BCUT2D eigenvalue weighted by Gasteiger charge is -2.08. The second-order valence-electron chi connectivity index (χ2n) is 4.39. The Morgan fingerprint density at radius 2 is 1.52 bits per heavy atom. The highest BCUT2D eigenvalue weighted by Gasteiger charge is 2.12. The van der Waals surface area contributed by atoms with E-state index in [-0.39, 0.29) is 5.43 Å². The summed E-state index contributed by atoms with van der Waals surface area (Å²) in [6.45, 7) is 0. The first-order valence-electron chi connectivity index (χ1n) is 6.39. The van der Waals surface area contributed by atoms with Crippen molar-refractivity contribution >= 4 is 35.7 Å². The Bertz CT molecular complexity index is 795. The van der Waals surface area contributed by atoms with Crippen LogP contribution in [0.5, 0.6) is 0 Å². The minimum atomic E-state index is 0.0170. The first kappa shape index (κ1) is 14.4. The lowest BCUT2D eigenvalue weighted by Crippen LogP contribution is -2.03. The molecule has 21 heavy (non-hydrogen) atoms. The van der Waals surface area contributed by atoms with Gasteiger partial charge >= 0.3 is 0 Å². The van der Waals surface area contributed by atoms with Crippen LogP contribution in [-0.2, 0) is 0 Å². The molecular formula is C17H12OS3. The van der Waals surface area contributed by atoms with Crippen LogP contribution >= 0.6 is 35.7 Å². The van der Waals surface area contributed by atoms with Crippen LogP contribution in [0.1, 0.15) is 0 Å². The van der Waals surface area contributed by atoms with Gasteiger partial charge in [-0.15, -0.1) is 24.0 Å². The smallest absolute Gasteiger partial charge is 0.190 e. The molecule has 1 aromatic heterocycles. The molecule has 0 bridgehead atoms. The quantitative estimate of drug-likeness (QED) is 0.664. The van der Waals surface area contributed by atoms with Crippen LogP contribution in [0, 0.1) is 0 Å². The molecule has 0 unspecified atom stereocenters. The van der Waals surface area contributed by atoms with Crippen molar-refractivity contribution in [1.29, 1.82) is 0 Å². The maximum absolute atomic E-state index is 12.4. The number of rotatable bonds is 3. The zero-order valence-electron chi connectivity index (χ0n) is 11.0. The molecule has 1 nitrogen and oxygen atoms in total. The molecule has 0 saturated carbocycles. The molecule has 0 fully saturated rings. The van der Waals surface area contributed by atoms with Gasteiger partial charge in [0, 0.05) is 11.0 Å². The summed E-state index contributed by atoms with van der Waals surface area (Å²) < 4.78 is 1.71. The monoisotopic (exact) mass is 328 g/mol. The molecule has 0 N–H and O–H groups in total. The molecule has 0 aliphatic heterocycles. The molecule has 104 valence electrons. The van der Waals surface area contributed by atoms with Crippen molar-refractivity contribution in [1.82, 2.24) is 0 Å². The van der Waals surface area contributed by atoms with Crippen LogP contribution in [0.2, 0.25) is 0 Å². The molecule has 0 aliphatic rings. The summed E-state index contributed by atoms with van der Waals surface area (Å²) in [4.78, 5) is 13.5. The molecule has 3 aromatic rings. The average Bonchev–Trinajstić information content (AvgIpc) is 2.48. The highest BCUT2D eigenvalue weighted by Crippen LogP contribution is 2.38. The lowest BCUT2D eigenvalue weighted by molar-refractivity contribution is 1.42. The first-order valence-corrected chi connectivity index (χ1v) is 8.47. The molecule has 0 spiro atoms. The summed E-state index contributed by atoms with van der Waals surface area (Å²) >= 11 is 7.50. The summed E-state index contributed by atoms with van der Waals surface area (Å²) in [5.74, 6) is 0. The van der Waals surface area contributed by atoms with Gasteiger partial charge in [0.15, 0.2) is 5.43 Å². The predicted molar refractivity (Wildman–Crippen MR) is 93.8 cm³/mol. The van der Waals surface area contributed by atoms with Gasteiger partial charge in [0.25, 0.3) is 0 Å². The fraction of sp³-hybridized carbons (Fsp3) is 0. The number of thiol groups is 1. The zero-order valence-corrected chi connectivity index (χ0v) is 13.6. The van der Waals surface area contributed by atoms with E-state index in [4.69, 9.17) is 0 Å². The maximum Gasteiger partial charge on any atom is 0.190 e. The van der Waals surface area contributed by atoms with Crippen molar-refractivity contribution in [2.24, 2.45) is 0 Å². The topological polar surface area (TPSA) is 17.1 Å². The van der Waals surface area contributed by atoms with Gasteiger partial charge in [-0.3, -0.25) is 4.79 Å². The molecule has 0 saturated heterocycles. The third-order valence-corrected chi connectivity index (χ3v) is 5.44. The van der Waals surface area contributed by atoms with Crippen molar-refractivity contribution in [2.45, 2.75) is 13.3 Å². The fourth-order valence-corrected chi connectivity index (χ4v) is 4.80. The second-order valence-corrected chi connectivity index (χ2v) is 7.57. The summed E-state index contributed by atoms with van der Waals surface area (Å²) in [5, 5.41) is 0. The van der Waals surface area contributed by atoms with E-state index in [1.165, 1.54) is 11.3 Å². The molecular weight excluding hydrogens is 316 g/mol. The largest absolute Gasteiger partial charge is 0.289 e. The standard InChI is InChI=1S/C17H12OS3/c18-14-11-15(19)21-17(20-13-9-5-2-6-10-13)16(14)12-7-3-1-4-8-12/h1-11,19H. The number of hydrogen-bond donors (Lipinski definition) is 1. The van der Waals surface area contributed by atoms with E-state index < -0.39 is 0 Å². The zero-order chi connectivity index (χ0) is 14.7. The SMILES string of the molecule is O=c1cc(S)sc(Sc2ccccc2)c1-c1ccccc1. The van der Waals surface area contributed by atoms with Gasteiger partial charge in [0.1, 0.15) is 0 Å². The van der Waals surface area contributed by atoms with E-state index in [1.54, 1.807) is 17.8 Å². The fourth-order valence-electron chi connectivity index (χ4n) is 1.99. The van der Waals surface area contributed by atoms with Crippen molar-refractivity contribution in [3.63, 3.8) is 0 Å². The van der Waals surface area contributed by atoms with Crippen LogP contribution < -0.4 is 5.43 Å².